The Morgan fingerprint density at radius 2 is 1.86 bits per heavy atom. The number of fused-ring (bicyclic) bond motifs is 3. The Hall–Kier alpha value is -1.24. The second kappa shape index (κ2) is 6.38. The van der Waals surface area contributed by atoms with E-state index < -0.39 is 58.0 Å². The van der Waals surface area contributed by atoms with Gasteiger partial charge in [0.1, 0.15) is 11.7 Å². The fraction of sp³-hybridized carbons (Fsp3) is 0.818. The van der Waals surface area contributed by atoms with Gasteiger partial charge in [0.2, 0.25) is 0 Å². The van der Waals surface area contributed by atoms with E-state index in [-0.39, 0.29) is 12.2 Å². The van der Waals surface area contributed by atoms with E-state index in [1.165, 1.54) is 6.92 Å². The Bertz CT molecular complexity index is 701. The monoisotopic (exact) mass is 394 g/mol. The van der Waals surface area contributed by atoms with Gasteiger partial charge < -0.3 is 20.1 Å². The molecule has 0 amide bonds. The van der Waals surface area contributed by atoms with Crippen LogP contribution in [0.1, 0.15) is 60.3 Å². The van der Waals surface area contributed by atoms with Crippen molar-refractivity contribution in [2.75, 3.05) is 0 Å². The number of ketones is 1. The van der Waals surface area contributed by atoms with E-state index in [4.69, 9.17) is 4.74 Å². The molecule has 0 spiro atoms. The zero-order valence-corrected chi connectivity index (χ0v) is 17.6. The lowest BCUT2D eigenvalue weighted by Gasteiger charge is -2.68. The lowest BCUT2D eigenvalue weighted by atomic mass is 9.39. The molecule has 6 heteroatoms. The van der Waals surface area contributed by atoms with Gasteiger partial charge in [-0.1, -0.05) is 33.8 Å². The lowest BCUT2D eigenvalue weighted by molar-refractivity contribution is -0.304. The molecule has 0 radical (unpaired) electrons. The van der Waals surface area contributed by atoms with Gasteiger partial charge >= 0.3 is 5.97 Å². The molecular weight excluding hydrogens is 360 g/mol. The number of allylic oxidation sites excluding steroid dienone is 1. The first-order valence-electron chi connectivity index (χ1n) is 10.2. The highest BCUT2D eigenvalue weighted by atomic mass is 16.6. The molecule has 0 aromatic heterocycles. The summed E-state index contributed by atoms with van der Waals surface area (Å²) < 4.78 is 5.53. The minimum absolute atomic E-state index is 0.0991. The predicted octanol–water partition coefficient (Wildman–Crippen LogP) is 2.00. The first-order valence-corrected chi connectivity index (χ1v) is 10.2. The summed E-state index contributed by atoms with van der Waals surface area (Å²) in [5.74, 6) is -2.37. The Morgan fingerprint density at radius 1 is 1.25 bits per heavy atom. The molecule has 3 aliphatic carbocycles. The zero-order chi connectivity index (χ0) is 21.3. The highest BCUT2D eigenvalue weighted by molar-refractivity contribution is 5.91. The maximum absolute atomic E-state index is 13.4. The van der Waals surface area contributed by atoms with Gasteiger partial charge in [0.15, 0.2) is 5.78 Å². The van der Waals surface area contributed by atoms with Crippen LogP contribution in [0.3, 0.4) is 0 Å². The number of hydrogen-bond acceptors (Lipinski definition) is 6. The standard InChI is InChI=1S/C22H34O6/c1-7-20(5)10-13-17(28-12(2)23)16(26)18-19(3,4)9-8-14(24)21(18,6)22(13,27)15(25)11-20/h7,13-14,16-18,24,26-27H,1,8-11H2,2-6H3/t13-,14-,16+,17+,18+,20+,21-,22-/m0/s1. The lowest BCUT2D eigenvalue weighted by Crippen LogP contribution is -2.79. The molecule has 158 valence electrons. The van der Waals surface area contributed by atoms with Gasteiger partial charge in [-0.05, 0) is 30.1 Å². The topological polar surface area (TPSA) is 104 Å². The van der Waals surface area contributed by atoms with Crippen molar-refractivity contribution in [1.82, 2.24) is 0 Å². The normalized spacial score (nSPS) is 50.3. The molecule has 0 aromatic rings. The van der Waals surface area contributed by atoms with Crippen LogP contribution >= 0.6 is 0 Å². The molecule has 0 heterocycles. The van der Waals surface area contributed by atoms with Gasteiger partial charge in [-0.25, -0.2) is 0 Å². The number of aliphatic hydroxyl groups excluding tert-OH is 2. The van der Waals surface area contributed by atoms with E-state index >= 15 is 0 Å². The molecule has 3 aliphatic rings. The SMILES string of the molecule is C=C[C@@]1(C)CC(=O)[C@@]2(O)[C@@H](C1)[C@@H](OC(C)=O)[C@@H](O)[C@@H]1C(C)(C)CC[C@H](O)[C@@]12C. The molecule has 0 aliphatic heterocycles. The summed E-state index contributed by atoms with van der Waals surface area (Å²) in [6.07, 6.45) is 0.146. The summed E-state index contributed by atoms with van der Waals surface area (Å²) in [5.41, 5.74) is -4.16. The number of ether oxygens (including phenoxy) is 1. The molecule has 0 aromatic carbocycles. The number of aliphatic hydroxyl groups is 3. The molecule has 6 nitrogen and oxygen atoms in total. The minimum atomic E-state index is -1.89. The van der Waals surface area contributed by atoms with Gasteiger partial charge in [0.25, 0.3) is 0 Å². The molecule has 8 atom stereocenters. The van der Waals surface area contributed by atoms with Crippen LogP contribution < -0.4 is 0 Å². The highest BCUT2D eigenvalue weighted by Crippen LogP contribution is 2.66. The van der Waals surface area contributed by atoms with Crippen molar-refractivity contribution in [1.29, 1.82) is 0 Å². The summed E-state index contributed by atoms with van der Waals surface area (Å²) in [7, 11) is 0. The average molecular weight is 395 g/mol. The fourth-order valence-corrected chi connectivity index (χ4v) is 6.70. The third-order valence-corrected chi connectivity index (χ3v) is 8.15. The highest BCUT2D eigenvalue weighted by Gasteiger charge is 2.75. The number of hydrogen-bond donors (Lipinski definition) is 3. The Labute approximate surface area is 167 Å². The first-order chi connectivity index (χ1) is 12.7. The molecular formula is C22H34O6. The maximum Gasteiger partial charge on any atom is 0.303 e. The maximum atomic E-state index is 13.4. The minimum Gasteiger partial charge on any atom is -0.459 e. The molecule has 28 heavy (non-hydrogen) atoms. The smallest absolute Gasteiger partial charge is 0.303 e. The van der Waals surface area contributed by atoms with E-state index in [0.29, 0.717) is 19.3 Å². The van der Waals surface area contributed by atoms with Crippen molar-refractivity contribution >= 4 is 11.8 Å². The van der Waals surface area contributed by atoms with Crippen molar-refractivity contribution in [3.8, 4) is 0 Å². The average Bonchev–Trinajstić information content (AvgIpc) is 2.58. The van der Waals surface area contributed by atoms with E-state index in [1.807, 2.05) is 20.8 Å². The van der Waals surface area contributed by atoms with Crippen molar-refractivity contribution in [3.05, 3.63) is 12.7 Å². The number of carbonyl (C=O) groups is 2. The van der Waals surface area contributed by atoms with Crippen molar-refractivity contribution in [2.45, 2.75) is 84.2 Å². The molecule has 0 bridgehead atoms. The zero-order valence-electron chi connectivity index (χ0n) is 17.6. The second-order valence-corrected chi connectivity index (χ2v) is 10.4. The van der Waals surface area contributed by atoms with Crippen LogP contribution in [0.2, 0.25) is 0 Å². The molecule has 0 unspecified atom stereocenters. The number of carbonyl (C=O) groups excluding carboxylic acids is 2. The Morgan fingerprint density at radius 3 is 2.39 bits per heavy atom. The third kappa shape index (κ3) is 2.64. The van der Waals surface area contributed by atoms with E-state index in [0.717, 1.165) is 0 Å². The molecule has 3 rings (SSSR count). The Balaban J connectivity index is 2.24. The van der Waals surface area contributed by atoms with Crippen LogP contribution in [-0.2, 0) is 14.3 Å². The largest absolute Gasteiger partial charge is 0.459 e. The molecule has 3 fully saturated rings. The quantitative estimate of drug-likeness (QED) is 0.489. The van der Waals surface area contributed by atoms with Crippen LogP contribution in [0.4, 0.5) is 0 Å². The van der Waals surface area contributed by atoms with Gasteiger partial charge in [-0.15, -0.1) is 6.58 Å². The molecule has 0 saturated heterocycles. The molecule has 3 N–H and O–H groups in total. The van der Waals surface area contributed by atoms with Crippen LogP contribution in [0.5, 0.6) is 0 Å². The van der Waals surface area contributed by atoms with Crippen molar-refractivity contribution in [2.24, 2.45) is 28.1 Å². The summed E-state index contributed by atoms with van der Waals surface area (Å²) >= 11 is 0. The van der Waals surface area contributed by atoms with Crippen molar-refractivity contribution in [3.63, 3.8) is 0 Å². The van der Waals surface area contributed by atoms with Crippen LogP contribution in [0.25, 0.3) is 0 Å². The third-order valence-electron chi connectivity index (χ3n) is 8.15. The van der Waals surface area contributed by atoms with Gasteiger partial charge in [0, 0.05) is 30.6 Å². The predicted molar refractivity (Wildman–Crippen MR) is 103 cm³/mol. The first kappa shape index (κ1) is 21.5. The molecule has 3 saturated carbocycles. The van der Waals surface area contributed by atoms with Crippen LogP contribution in [0, 0.1) is 28.1 Å². The summed E-state index contributed by atoms with van der Waals surface area (Å²) in [6, 6.07) is 0. The van der Waals surface area contributed by atoms with Gasteiger partial charge in [0.05, 0.1) is 12.2 Å². The Kier molecular flexibility index (Phi) is 4.89. The van der Waals surface area contributed by atoms with E-state index in [2.05, 4.69) is 6.58 Å². The van der Waals surface area contributed by atoms with Crippen LogP contribution in [-0.4, -0.2) is 51.0 Å². The summed E-state index contributed by atoms with van der Waals surface area (Å²) in [5, 5.41) is 34.4. The van der Waals surface area contributed by atoms with Crippen molar-refractivity contribution < 1.29 is 29.6 Å². The summed E-state index contributed by atoms with van der Waals surface area (Å²) in [4.78, 5) is 25.3. The number of esters is 1. The number of Topliss-reactive ketones (excluding diaryl/α,β-unsaturated/α-hetero) is 1. The van der Waals surface area contributed by atoms with Gasteiger partial charge in [-0.2, -0.15) is 0 Å². The number of rotatable bonds is 2. The summed E-state index contributed by atoms with van der Waals surface area (Å²) in [6.45, 7) is 12.6. The van der Waals surface area contributed by atoms with Gasteiger partial charge in [-0.3, -0.25) is 9.59 Å². The fourth-order valence-electron chi connectivity index (χ4n) is 6.70. The second-order valence-electron chi connectivity index (χ2n) is 10.4. The van der Waals surface area contributed by atoms with E-state index in [9.17, 15) is 24.9 Å². The van der Waals surface area contributed by atoms with E-state index in [1.54, 1.807) is 13.0 Å². The van der Waals surface area contributed by atoms with Crippen LogP contribution in [0.15, 0.2) is 12.7 Å².